The van der Waals surface area contributed by atoms with Gasteiger partial charge in [0.2, 0.25) is 5.91 Å². The standard InChI is InChI=1S/C42H40ClN3O4/c1-29-21-23-31(24-22-29)42(30-12-3-2-4-13-30,38-19-9-10-20-39(38)43)46-25-11-14-32(47)26-44-40(48)27-45-41(49)50-28-37-35-17-7-5-15-33(35)34-16-6-8-18-36(34)37/h2-10,12-13,15-24,37,46H,11,14,25-28H2,1H3,(H,44,48)(H,45,49). The molecule has 0 heterocycles. The van der Waals surface area contributed by atoms with Gasteiger partial charge < -0.3 is 15.4 Å². The third-order valence-electron chi connectivity index (χ3n) is 9.21. The molecular formula is C42H40ClN3O4. The number of ether oxygens (including phenoxy) is 1. The first-order chi connectivity index (χ1) is 24.4. The van der Waals surface area contributed by atoms with Crippen LogP contribution in [0.3, 0.4) is 0 Å². The fraction of sp³-hybridized carbons (Fsp3) is 0.214. The lowest BCUT2D eigenvalue weighted by Crippen LogP contribution is -2.45. The zero-order chi connectivity index (χ0) is 34.9. The van der Waals surface area contributed by atoms with E-state index in [1.54, 1.807) is 0 Å². The highest BCUT2D eigenvalue weighted by atomic mass is 35.5. The second-order valence-corrected chi connectivity index (χ2v) is 12.9. The van der Waals surface area contributed by atoms with Crippen LogP contribution in [0.1, 0.15) is 52.1 Å². The maximum atomic E-state index is 12.8. The average Bonchev–Trinajstić information content (AvgIpc) is 3.47. The van der Waals surface area contributed by atoms with Crippen molar-refractivity contribution < 1.29 is 19.1 Å². The van der Waals surface area contributed by atoms with E-state index in [4.69, 9.17) is 16.3 Å². The molecule has 0 aliphatic heterocycles. The summed E-state index contributed by atoms with van der Waals surface area (Å²) in [5, 5.41) is 9.50. The van der Waals surface area contributed by atoms with Crippen LogP contribution in [0.5, 0.6) is 0 Å². The minimum absolute atomic E-state index is 0.0755. The number of aryl methyl sites for hydroxylation is 1. The molecule has 5 aromatic rings. The first-order valence-electron chi connectivity index (χ1n) is 16.9. The van der Waals surface area contributed by atoms with Gasteiger partial charge in [-0.3, -0.25) is 14.9 Å². The molecular weight excluding hydrogens is 646 g/mol. The number of amides is 2. The van der Waals surface area contributed by atoms with Crippen molar-refractivity contribution >= 4 is 29.4 Å². The zero-order valence-electron chi connectivity index (χ0n) is 28.0. The minimum atomic E-state index is -0.755. The summed E-state index contributed by atoms with van der Waals surface area (Å²) in [5.41, 5.74) is 7.86. The number of ketones is 1. The molecule has 8 heteroatoms. The molecule has 0 bridgehead atoms. The third kappa shape index (κ3) is 7.65. The van der Waals surface area contributed by atoms with Crippen LogP contribution < -0.4 is 16.0 Å². The van der Waals surface area contributed by atoms with Crippen molar-refractivity contribution in [2.75, 3.05) is 26.2 Å². The third-order valence-corrected chi connectivity index (χ3v) is 9.54. The minimum Gasteiger partial charge on any atom is -0.449 e. The highest BCUT2D eigenvalue weighted by Crippen LogP contribution is 2.44. The van der Waals surface area contributed by atoms with Gasteiger partial charge in [-0.2, -0.15) is 0 Å². The quantitative estimate of drug-likeness (QED) is 0.0830. The molecule has 0 saturated carbocycles. The van der Waals surface area contributed by atoms with E-state index in [9.17, 15) is 14.4 Å². The number of rotatable bonds is 14. The summed E-state index contributed by atoms with van der Waals surface area (Å²) in [5.74, 6) is -0.653. The van der Waals surface area contributed by atoms with E-state index in [2.05, 4.69) is 71.4 Å². The molecule has 1 aliphatic rings. The van der Waals surface area contributed by atoms with Gasteiger partial charge in [0.15, 0.2) is 5.78 Å². The predicted molar refractivity (Wildman–Crippen MR) is 197 cm³/mol. The number of alkyl carbamates (subject to hydrolysis) is 1. The molecule has 1 unspecified atom stereocenters. The Morgan fingerprint density at radius 3 is 1.98 bits per heavy atom. The number of nitrogens with one attached hydrogen (secondary N) is 3. The lowest BCUT2D eigenvalue weighted by atomic mass is 9.76. The van der Waals surface area contributed by atoms with E-state index in [-0.39, 0.29) is 37.8 Å². The van der Waals surface area contributed by atoms with Gasteiger partial charge in [-0.25, -0.2) is 4.79 Å². The first kappa shape index (κ1) is 34.6. The van der Waals surface area contributed by atoms with Crippen LogP contribution in [-0.2, 0) is 19.9 Å². The molecule has 254 valence electrons. The van der Waals surface area contributed by atoms with Crippen LogP contribution in [0, 0.1) is 6.92 Å². The zero-order valence-corrected chi connectivity index (χ0v) is 28.7. The summed E-state index contributed by atoms with van der Waals surface area (Å²) in [4.78, 5) is 37.7. The molecule has 6 rings (SSSR count). The van der Waals surface area contributed by atoms with Crippen LogP contribution in [0.2, 0.25) is 5.02 Å². The summed E-state index contributed by atoms with van der Waals surface area (Å²) >= 11 is 6.83. The summed E-state index contributed by atoms with van der Waals surface area (Å²) in [6.07, 6.45) is 0.111. The molecule has 3 N–H and O–H groups in total. The molecule has 1 atom stereocenters. The normalized spacial score (nSPS) is 13.1. The molecule has 0 saturated heterocycles. The van der Waals surface area contributed by atoms with Gasteiger partial charge in [0.1, 0.15) is 13.2 Å². The number of carbonyl (C=O) groups is 3. The van der Waals surface area contributed by atoms with Crippen molar-refractivity contribution in [2.24, 2.45) is 0 Å². The SMILES string of the molecule is Cc1ccc(C(NCCCC(=O)CNC(=O)CNC(=O)OCC2c3ccccc3-c3ccccc32)(c2ccccc2)c2ccccc2Cl)cc1. The smallest absolute Gasteiger partial charge is 0.407 e. The van der Waals surface area contributed by atoms with Crippen LogP contribution in [0.25, 0.3) is 11.1 Å². The molecule has 0 radical (unpaired) electrons. The Morgan fingerprint density at radius 1 is 0.700 bits per heavy atom. The monoisotopic (exact) mass is 685 g/mol. The van der Waals surface area contributed by atoms with E-state index >= 15 is 0 Å². The molecule has 0 spiro atoms. The van der Waals surface area contributed by atoms with E-state index < -0.39 is 17.5 Å². The summed E-state index contributed by atoms with van der Waals surface area (Å²) in [7, 11) is 0. The number of hydrogen-bond acceptors (Lipinski definition) is 5. The van der Waals surface area contributed by atoms with Crippen LogP contribution in [0.15, 0.2) is 127 Å². The number of Topliss-reactive ketones (excluding diaryl/α,β-unsaturated/α-hetero) is 1. The number of carbonyl (C=O) groups excluding carboxylic acids is 3. The lowest BCUT2D eigenvalue weighted by Gasteiger charge is -2.38. The Bertz CT molecular complexity index is 1920. The van der Waals surface area contributed by atoms with Gasteiger partial charge in [0.25, 0.3) is 0 Å². The maximum absolute atomic E-state index is 12.8. The molecule has 50 heavy (non-hydrogen) atoms. The first-order valence-corrected chi connectivity index (χ1v) is 17.2. The fourth-order valence-electron chi connectivity index (χ4n) is 6.75. The van der Waals surface area contributed by atoms with Crippen LogP contribution >= 0.6 is 11.6 Å². The summed E-state index contributed by atoms with van der Waals surface area (Å²) in [6, 6.07) is 42.5. The molecule has 1 aliphatic carbocycles. The molecule has 0 fully saturated rings. The van der Waals surface area contributed by atoms with Crippen molar-refractivity contribution in [3.63, 3.8) is 0 Å². The van der Waals surface area contributed by atoms with Crippen molar-refractivity contribution in [3.8, 4) is 11.1 Å². The number of fused-ring (bicyclic) bond motifs is 3. The Morgan fingerprint density at radius 2 is 1.30 bits per heavy atom. The largest absolute Gasteiger partial charge is 0.449 e. The van der Waals surface area contributed by atoms with E-state index in [1.165, 1.54) is 0 Å². The molecule has 5 aromatic carbocycles. The average molecular weight is 686 g/mol. The van der Waals surface area contributed by atoms with Crippen molar-refractivity contribution in [3.05, 3.63) is 166 Å². The van der Waals surface area contributed by atoms with Gasteiger partial charge in [0, 0.05) is 17.4 Å². The van der Waals surface area contributed by atoms with Crippen LogP contribution in [0.4, 0.5) is 4.79 Å². The Balaban J connectivity index is 0.989. The van der Waals surface area contributed by atoms with Gasteiger partial charge in [-0.1, -0.05) is 138 Å². The predicted octanol–water partition coefficient (Wildman–Crippen LogP) is 7.53. The fourth-order valence-corrected chi connectivity index (χ4v) is 7.02. The van der Waals surface area contributed by atoms with Gasteiger partial charge in [-0.15, -0.1) is 0 Å². The van der Waals surface area contributed by atoms with Crippen molar-refractivity contribution in [1.82, 2.24) is 16.0 Å². The van der Waals surface area contributed by atoms with E-state index in [1.807, 2.05) is 78.9 Å². The number of halogens is 1. The number of hydrogen-bond donors (Lipinski definition) is 3. The molecule has 7 nitrogen and oxygen atoms in total. The summed E-state index contributed by atoms with van der Waals surface area (Å²) < 4.78 is 5.51. The van der Waals surface area contributed by atoms with Gasteiger partial charge in [0.05, 0.1) is 12.1 Å². The van der Waals surface area contributed by atoms with Crippen molar-refractivity contribution in [2.45, 2.75) is 31.2 Å². The molecule has 2 amide bonds. The highest BCUT2D eigenvalue weighted by molar-refractivity contribution is 6.31. The highest BCUT2D eigenvalue weighted by Gasteiger charge is 2.37. The van der Waals surface area contributed by atoms with Crippen molar-refractivity contribution in [1.29, 1.82) is 0 Å². The summed E-state index contributed by atoms with van der Waals surface area (Å²) in [6.45, 7) is 2.30. The Kier molecular flexibility index (Phi) is 11.1. The van der Waals surface area contributed by atoms with E-state index in [0.29, 0.717) is 18.0 Å². The Hall–Kier alpha value is -5.24. The topological polar surface area (TPSA) is 96.5 Å². The second-order valence-electron chi connectivity index (χ2n) is 12.5. The van der Waals surface area contributed by atoms with Gasteiger partial charge >= 0.3 is 6.09 Å². The molecule has 0 aromatic heterocycles. The Labute approximate surface area is 298 Å². The number of benzene rings is 5. The van der Waals surface area contributed by atoms with E-state index in [0.717, 1.165) is 44.5 Å². The van der Waals surface area contributed by atoms with Gasteiger partial charge in [-0.05, 0) is 64.9 Å². The second kappa shape index (κ2) is 16.0. The lowest BCUT2D eigenvalue weighted by molar-refractivity contribution is -0.124. The van der Waals surface area contributed by atoms with Crippen LogP contribution in [-0.4, -0.2) is 44.0 Å². The maximum Gasteiger partial charge on any atom is 0.407 e.